The van der Waals surface area contributed by atoms with E-state index in [1.54, 1.807) is 25.3 Å². The number of carboxylic acids is 1. The lowest BCUT2D eigenvalue weighted by Crippen LogP contribution is -2.01. The number of rotatable bonds is 2. The van der Waals surface area contributed by atoms with Crippen LogP contribution in [-0.4, -0.2) is 11.1 Å². The number of benzene rings is 1. The van der Waals surface area contributed by atoms with Crippen molar-refractivity contribution in [2.45, 2.75) is 13.8 Å². The van der Waals surface area contributed by atoms with Crippen LogP contribution in [0.2, 0.25) is 0 Å². The van der Waals surface area contributed by atoms with Crippen LogP contribution in [0.25, 0.3) is 11.3 Å². The molecule has 0 saturated heterocycles. The molecular weight excluding hydrogens is 204 g/mol. The van der Waals surface area contributed by atoms with Gasteiger partial charge in [-0.1, -0.05) is 6.07 Å². The molecule has 1 aromatic carbocycles. The lowest BCUT2D eigenvalue weighted by atomic mass is 9.98. The molecule has 2 aromatic rings. The predicted molar refractivity (Wildman–Crippen MR) is 60.6 cm³/mol. The molecule has 3 heteroatoms. The van der Waals surface area contributed by atoms with Gasteiger partial charge in [0.05, 0.1) is 11.8 Å². The summed E-state index contributed by atoms with van der Waals surface area (Å²) in [5.74, 6) is -0.217. The molecule has 0 aliphatic rings. The third-order valence-electron chi connectivity index (χ3n) is 2.59. The number of carboxylic acid groups (broad SMARTS) is 1. The summed E-state index contributed by atoms with van der Waals surface area (Å²) in [6.45, 7) is 3.73. The summed E-state index contributed by atoms with van der Waals surface area (Å²) in [4.78, 5) is 11.0. The molecule has 0 spiro atoms. The van der Waals surface area contributed by atoms with Crippen LogP contribution in [0.3, 0.4) is 0 Å². The van der Waals surface area contributed by atoms with E-state index in [0.29, 0.717) is 11.3 Å². The number of furan rings is 1. The molecule has 1 aromatic heterocycles. The first kappa shape index (κ1) is 10.5. The number of hydrogen-bond donors (Lipinski definition) is 1. The second kappa shape index (κ2) is 3.85. The molecule has 3 nitrogen and oxygen atoms in total. The van der Waals surface area contributed by atoms with Crippen LogP contribution in [0.15, 0.2) is 34.9 Å². The molecule has 0 aliphatic carbocycles. The molecular formula is C13H12O3. The first-order valence-electron chi connectivity index (χ1n) is 4.98. The highest BCUT2D eigenvalue weighted by atomic mass is 16.4. The molecule has 2 rings (SSSR count). The topological polar surface area (TPSA) is 50.4 Å². The van der Waals surface area contributed by atoms with E-state index in [0.717, 1.165) is 16.7 Å². The summed E-state index contributed by atoms with van der Waals surface area (Å²) in [6, 6.07) is 7.13. The van der Waals surface area contributed by atoms with Gasteiger partial charge in [0.2, 0.25) is 0 Å². The minimum absolute atomic E-state index is 0.317. The third-order valence-corrected chi connectivity index (χ3v) is 2.59. The van der Waals surface area contributed by atoms with Crippen LogP contribution in [0.4, 0.5) is 0 Å². The average molecular weight is 216 g/mol. The molecule has 0 unspecified atom stereocenters. The molecule has 1 heterocycles. The molecule has 16 heavy (non-hydrogen) atoms. The number of carbonyl (C=O) groups is 1. The van der Waals surface area contributed by atoms with Crippen LogP contribution in [0, 0.1) is 13.8 Å². The second-order valence-corrected chi connectivity index (χ2v) is 3.76. The molecule has 0 aliphatic heterocycles. The fourth-order valence-electron chi connectivity index (χ4n) is 1.78. The Bertz CT molecular complexity index is 524. The van der Waals surface area contributed by atoms with Crippen LogP contribution in [0.5, 0.6) is 0 Å². The smallest absolute Gasteiger partial charge is 0.335 e. The van der Waals surface area contributed by atoms with E-state index in [1.807, 2.05) is 19.1 Å². The Hall–Kier alpha value is -2.03. The minimum atomic E-state index is -0.912. The van der Waals surface area contributed by atoms with Gasteiger partial charge >= 0.3 is 5.97 Å². The van der Waals surface area contributed by atoms with E-state index >= 15 is 0 Å². The molecule has 0 atom stereocenters. The second-order valence-electron chi connectivity index (χ2n) is 3.76. The zero-order valence-electron chi connectivity index (χ0n) is 9.15. The van der Waals surface area contributed by atoms with E-state index in [-0.39, 0.29) is 0 Å². The summed E-state index contributed by atoms with van der Waals surface area (Å²) < 4.78 is 5.28. The number of hydrogen-bond acceptors (Lipinski definition) is 2. The fraction of sp³-hybridized carbons (Fsp3) is 0.154. The van der Waals surface area contributed by atoms with Crippen LogP contribution < -0.4 is 0 Å². The van der Waals surface area contributed by atoms with Gasteiger partial charge in [0, 0.05) is 5.56 Å². The van der Waals surface area contributed by atoms with Crippen molar-refractivity contribution in [3.63, 3.8) is 0 Å². The van der Waals surface area contributed by atoms with Crippen molar-refractivity contribution in [1.29, 1.82) is 0 Å². The Balaban J connectivity index is 2.63. The molecule has 0 fully saturated rings. The number of aromatic carboxylic acids is 1. The predicted octanol–water partition coefficient (Wildman–Crippen LogP) is 3.26. The van der Waals surface area contributed by atoms with Crippen molar-refractivity contribution in [2.24, 2.45) is 0 Å². The highest BCUT2D eigenvalue weighted by molar-refractivity contribution is 5.91. The van der Waals surface area contributed by atoms with Gasteiger partial charge in [0.15, 0.2) is 0 Å². The maximum absolute atomic E-state index is 11.0. The third kappa shape index (κ3) is 1.72. The van der Waals surface area contributed by atoms with Gasteiger partial charge in [-0.05, 0) is 43.2 Å². The van der Waals surface area contributed by atoms with Crippen molar-refractivity contribution in [2.75, 3.05) is 0 Å². The van der Waals surface area contributed by atoms with Gasteiger partial charge in [-0.15, -0.1) is 0 Å². The van der Waals surface area contributed by atoms with Gasteiger partial charge < -0.3 is 9.52 Å². The van der Waals surface area contributed by atoms with Crippen molar-refractivity contribution in [1.82, 2.24) is 0 Å². The Morgan fingerprint density at radius 3 is 2.56 bits per heavy atom. The fourth-order valence-corrected chi connectivity index (χ4v) is 1.78. The molecule has 0 bridgehead atoms. The standard InChI is InChI=1S/C13H12O3/c1-8-6-9(2)11(13(14)15)7-10(8)12-4-3-5-16-12/h3-7H,1-2H3,(H,14,15). The van der Waals surface area contributed by atoms with Gasteiger partial charge in [0.1, 0.15) is 5.76 Å². The maximum atomic E-state index is 11.0. The van der Waals surface area contributed by atoms with Gasteiger partial charge in [-0.2, -0.15) is 0 Å². The Morgan fingerprint density at radius 2 is 2.00 bits per heavy atom. The van der Waals surface area contributed by atoms with E-state index in [2.05, 4.69) is 0 Å². The Kier molecular flexibility index (Phi) is 2.52. The SMILES string of the molecule is Cc1cc(C)c(-c2ccco2)cc1C(=O)O. The lowest BCUT2D eigenvalue weighted by molar-refractivity contribution is 0.0696. The zero-order valence-corrected chi connectivity index (χ0v) is 9.15. The molecule has 0 saturated carbocycles. The highest BCUT2D eigenvalue weighted by Gasteiger charge is 2.12. The minimum Gasteiger partial charge on any atom is -0.478 e. The Labute approximate surface area is 93.3 Å². The lowest BCUT2D eigenvalue weighted by Gasteiger charge is -2.07. The summed E-state index contributed by atoms with van der Waals surface area (Å²) in [5.41, 5.74) is 2.92. The van der Waals surface area contributed by atoms with E-state index in [9.17, 15) is 4.79 Å². The largest absolute Gasteiger partial charge is 0.478 e. The molecule has 0 amide bonds. The van der Waals surface area contributed by atoms with Crippen molar-refractivity contribution in [3.05, 3.63) is 47.2 Å². The summed E-state index contributed by atoms with van der Waals surface area (Å²) in [7, 11) is 0. The Morgan fingerprint density at radius 1 is 1.25 bits per heavy atom. The average Bonchev–Trinajstić information content (AvgIpc) is 2.70. The van der Waals surface area contributed by atoms with Crippen LogP contribution in [0.1, 0.15) is 21.5 Å². The van der Waals surface area contributed by atoms with Gasteiger partial charge in [0.25, 0.3) is 0 Å². The van der Waals surface area contributed by atoms with Crippen molar-refractivity contribution in [3.8, 4) is 11.3 Å². The summed E-state index contributed by atoms with van der Waals surface area (Å²) in [6.07, 6.45) is 1.58. The summed E-state index contributed by atoms with van der Waals surface area (Å²) >= 11 is 0. The molecule has 0 radical (unpaired) electrons. The van der Waals surface area contributed by atoms with Crippen LogP contribution >= 0.6 is 0 Å². The van der Waals surface area contributed by atoms with E-state index < -0.39 is 5.97 Å². The number of aryl methyl sites for hydroxylation is 2. The molecule has 82 valence electrons. The van der Waals surface area contributed by atoms with Crippen LogP contribution in [-0.2, 0) is 0 Å². The van der Waals surface area contributed by atoms with E-state index in [4.69, 9.17) is 9.52 Å². The molecule has 1 N–H and O–H groups in total. The van der Waals surface area contributed by atoms with Crippen molar-refractivity contribution < 1.29 is 14.3 Å². The highest BCUT2D eigenvalue weighted by Crippen LogP contribution is 2.26. The monoisotopic (exact) mass is 216 g/mol. The van der Waals surface area contributed by atoms with Gasteiger partial charge in [-0.3, -0.25) is 0 Å². The van der Waals surface area contributed by atoms with E-state index in [1.165, 1.54) is 0 Å². The first-order chi connectivity index (χ1) is 7.59. The van der Waals surface area contributed by atoms with Crippen molar-refractivity contribution >= 4 is 5.97 Å². The quantitative estimate of drug-likeness (QED) is 0.838. The normalized spacial score (nSPS) is 10.4. The first-order valence-corrected chi connectivity index (χ1v) is 4.98. The zero-order chi connectivity index (χ0) is 11.7. The van der Waals surface area contributed by atoms with Gasteiger partial charge in [-0.25, -0.2) is 4.79 Å². The summed E-state index contributed by atoms with van der Waals surface area (Å²) in [5, 5.41) is 9.05. The maximum Gasteiger partial charge on any atom is 0.335 e.